The third kappa shape index (κ3) is 12.2. The number of nitrogens with zero attached hydrogens (tertiary/aromatic N) is 7. The number of nitrogens with one attached hydrogen (secondary N) is 3. The van der Waals surface area contributed by atoms with Crippen molar-refractivity contribution in [2.75, 3.05) is 22.9 Å². The number of rotatable bonds is 11. The molecule has 0 aliphatic rings. The molecule has 8 rings (SSSR count). The molecular formula is C41H30Cl3F6IN10O7S2. The molecular weight excluding hydrogens is 1160 g/mol. The Labute approximate surface area is 420 Å². The number of anilines is 2. The first-order valence-electron chi connectivity index (χ1n) is 19.1. The van der Waals surface area contributed by atoms with Gasteiger partial charge in [-0.2, -0.15) is 36.5 Å². The number of aliphatic hydroxyl groups excluding tert-OH is 1. The molecule has 6 aromatic heterocycles. The number of sulfonamides is 2. The molecule has 0 aliphatic carbocycles. The molecule has 1 unspecified atom stereocenters. The largest absolute Gasteiger partial charge is 0.417 e. The van der Waals surface area contributed by atoms with Crippen LogP contribution in [0.25, 0.3) is 22.1 Å². The first-order chi connectivity index (χ1) is 32.9. The van der Waals surface area contributed by atoms with Crippen molar-refractivity contribution in [1.82, 2.24) is 40.3 Å². The second kappa shape index (κ2) is 21.7. The molecule has 8 aromatic rings. The second-order valence-electron chi connectivity index (χ2n) is 14.1. The van der Waals surface area contributed by atoms with Gasteiger partial charge in [0.2, 0.25) is 0 Å². The van der Waals surface area contributed by atoms with Gasteiger partial charge in [-0.05, 0) is 95.7 Å². The number of carbonyl (C=O) groups excluding carboxylic acids is 1. The minimum atomic E-state index is -4.86. The Morgan fingerprint density at radius 1 is 0.786 bits per heavy atom. The number of carbonyl (C=O) groups is 1. The van der Waals surface area contributed by atoms with E-state index in [0.717, 1.165) is 35.3 Å². The van der Waals surface area contributed by atoms with Crippen LogP contribution in [-0.2, 0) is 37.1 Å². The molecule has 0 saturated carbocycles. The smallest absolute Gasteiger partial charge is 0.382 e. The molecule has 0 radical (unpaired) electrons. The minimum absolute atomic E-state index is 0.0268. The van der Waals surface area contributed by atoms with Crippen LogP contribution in [0.5, 0.6) is 0 Å². The van der Waals surface area contributed by atoms with Crippen molar-refractivity contribution >= 4 is 117 Å². The summed E-state index contributed by atoms with van der Waals surface area (Å²) in [6.07, 6.45) is -1.88. The molecule has 0 saturated heterocycles. The highest BCUT2D eigenvalue weighted by molar-refractivity contribution is 14.1. The lowest BCUT2D eigenvalue weighted by Crippen LogP contribution is -2.34. The molecule has 6 heterocycles. The van der Waals surface area contributed by atoms with Crippen LogP contribution in [0, 0.1) is 10.5 Å². The Morgan fingerprint density at radius 2 is 1.36 bits per heavy atom. The number of alkyl halides is 6. The number of methoxy groups -OCH3 is 1. The van der Waals surface area contributed by atoms with Crippen molar-refractivity contribution in [2.45, 2.75) is 35.2 Å². The zero-order valence-corrected chi connectivity index (χ0v) is 41.3. The van der Waals surface area contributed by atoms with Gasteiger partial charge in [-0.3, -0.25) is 29.7 Å². The van der Waals surface area contributed by atoms with E-state index < -0.39 is 76.2 Å². The number of aromatic amines is 2. The number of hydrogen-bond donors (Lipinski definition) is 4. The SMILES string of the molecule is COCN(c1cc(C)cnc1C=O)S(=O)(=O)c1ccc(Cl)c(C(F)(F)F)c1.Ic1ccnc2[nH]ncc12.O=S(=O)(Nc1cc(Cl)cnc1C(O)c1ccnc2[nH]ncc12)c1ccc(Cl)c(C(F)(F)F)c1. The molecule has 368 valence electrons. The van der Waals surface area contributed by atoms with Gasteiger partial charge >= 0.3 is 12.4 Å². The van der Waals surface area contributed by atoms with Gasteiger partial charge in [0.05, 0.1) is 70.8 Å². The zero-order valence-electron chi connectivity index (χ0n) is 35.2. The number of halogens is 10. The van der Waals surface area contributed by atoms with E-state index in [9.17, 15) is 53.1 Å². The highest BCUT2D eigenvalue weighted by Gasteiger charge is 2.37. The standard InChI is InChI=1S/C19H12Cl2F3N5O3S.C16H14ClF3N2O4S.C6H4IN3/c20-9-5-15(29-33(31,32)10-1-2-14(21)13(6-10)19(22,23)24)16(26-7-9)17(30)11-3-4-25-18-12(11)8-27-28-18;1-10-5-15(14(8-23)21-7-10)22(9-26-2)27(24,25)11-3-4-13(17)12(6-11)16(18,19)20;7-5-1-2-8-6-4(5)3-9-10-6/h1-8,17,29-30H,(H,25,27,28);3-8H,9H2,1-2H3;1-3H,(H,8,9,10). The molecule has 29 heteroatoms. The van der Waals surface area contributed by atoms with Crippen molar-refractivity contribution < 1.29 is 57.8 Å². The summed E-state index contributed by atoms with van der Waals surface area (Å²) in [7, 11) is -7.86. The van der Waals surface area contributed by atoms with Gasteiger partial charge in [0.15, 0.2) is 17.6 Å². The van der Waals surface area contributed by atoms with Crippen molar-refractivity contribution in [3.8, 4) is 0 Å². The number of aromatic nitrogens is 8. The lowest BCUT2D eigenvalue weighted by atomic mass is 10.0. The molecule has 0 amide bonds. The molecule has 0 bridgehead atoms. The number of ether oxygens (including phenoxy) is 1. The van der Waals surface area contributed by atoms with Crippen molar-refractivity contribution in [3.05, 3.63) is 150 Å². The fourth-order valence-electron chi connectivity index (χ4n) is 6.17. The molecule has 70 heavy (non-hydrogen) atoms. The van der Waals surface area contributed by atoms with Crippen LogP contribution in [-0.4, -0.2) is 82.4 Å². The molecule has 4 N–H and O–H groups in total. The van der Waals surface area contributed by atoms with Crippen LogP contribution < -0.4 is 9.03 Å². The first kappa shape index (κ1) is 53.6. The summed E-state index contributed by atoms with van der Waals surface area (Å²) in [6, 6.07) is 10.4. The van der Waals surface area contributed by atoms with Gasteiger partial charge in [0, 0.05) is 46.4 Å². The number of aliphatic hydroxyl groups is 1. The molecule has 1 atom stereocenters. The second-order valence-corrected chi connectivity index (χ2v) is 20.1. The maximum atomic E-state index is 13.2. The summed E-state index contributed by atoms with van der Waals surface area (Å²) in [5.41, 5.74) is -1.20. The lowest BCUT2D eigenvalue weighted by Gasteiger charge is -2.25. The van der Waals surface area contributed by atoms with Gasteiger partial charge in [-0.15, -0.1) is 0 Å². The van der Waals surface area contributed by atoms with Crippen LogP contribution in [0.1, 0.15) is 44.5 Å². The summed E-state index contributed by atoms with van der Waals surface area (Å²) < 4.78 is 139. The fraction of sp³-hybridized carbons (Fsp3) is 0.146. The lowest BCUT2D eigenvalue weighted by molar-refractivity contribution is -0.138. The summed E-state index contributed by atoms with van der Waals surface area (Å²) in [5.74, 6) is 0. The van der Waals surface area contributed by atoms with Gasteiger partial charge in [-0.1, -0.05) is 34.8 Å². The Morgan fingerprint density at radius 3 is 1.94 bits per heavy atom. The predicted octanol–water partition coefficient (Wildman–Crippen LogP) is 9.80. The van der Waals surface area contributed by atoms with Gasteiger partial charge in [0.1, 0.15) is 18.5 Å². The number of pyridine rings is 4. The number of hydrogen-bond acceptors (Lipinski definition) is 13. The Hall–Kier alpha value is -5.75. The molecule has 17 nitrogen and oxygen atoms in total. The maximum Gasteiger partial charge on any atom is 0.417 e. The van der Waals surface area contributed by atoms with E-state index >= 15 is 0 Å². The number of fused-ring (bicyclic) bond motifs is 2. The summed E-state index contributed by atoms with van der Waals surface area (Å²) in [4.78, 5) is 25.9. The van der Waals surface area contributed by atoms with E-state index in [1.165, 1.54) is 53.7 Å². The normalized spacial score (nSPS) is 12.4. The monoisotopic (exact) mass is 1180 g/mol. The van der Waals surface area contributed by atoms with E-state index in [-0.39, 0.29) is 27.8 Å². The first-order valence-corrected chi connectivity index (χ1v) is 24.3. The quantitative estimate of drug-likeness (QED) is 0.0409. The number of H-pyrrole nitrogens is 2. The highest BCUT2D eigenvalue weighted by Crippen LogP contribution is 2.39. The molecule has 0 aliphatic heterocycles. The fourth-order valence-corrected chi connectivity index (χ4v) is 9.83. The highest BCUT2D eigenvalue weighted by atomic mass is 127. The molecule has 0 fully saturated rings. The summed E-state index contributed by atoms with van der Waals surface area (Å²) in [6.45, 7) is 1.07. The van der Waals surface area contributed by atoms with Crippen LogP contribution in [0.3, 0.4) is 0 Å². The molecule has 2 aromatic carbocycles. The van der Waals surface area contributed by atoms with Crippen LogP contribution in [0.4, 0.5) is 37.7 Å². The van der Waals surface area contributed by atoms with Crippen molar-refractivity contribution in [3.63, 3.8) is 0 Å². The summed E-state index contributed by atoms with van der Waals surface area (Å²) in [5, 5.41) is 24.4. The number of benzene rings is 2. The van der Waals surface area contributed by atoms with Crippen LogP contribution in [0.2, 0.25) is 15.1 Å². The van der Waals surface area contributed by atoms with E-state index in [2.05, 4.69) is 67.6 Å². The molecule has 0 spiro atoms. The van der Waals surface area contributed by atoms with Crippen LogP contribution >= 0.6 is 57.4 Å². The van der Waals surface area contributed by atoms with Crippen molar-refractivity contribution in [1.29, 1.82) is 0 Å². The number of aryl methyl sites for hydroxylation is 1. The topological polar surface area (TPSA) is 239 Å². The van der Waals surface area contributed by atoms with E-state index in [1.807, 2.05) is 6.07 Å². The third-order valence-corrected chi connectivity index (χ3v) is 14.3. The zero-order chi connectivity index (χ0) is 51.3. The summed E-state index contributed by atoms with van der Waals surface area (Å²) >= 11 is 19.3. The van der Waals surface area contributed by atoms with Crippen LogP contribution in [0.15, 0.2) is 108 Å². The van der Waals surface area contributed by atoms with Gasteiger partial charge in [0.25, 0.3) is 20.0 Å². The Balaban J connectivity index is 0.000000194. The number of aldehydes is 1. The third-order valence-electron chi connectivity index (χ3n) is 9.42. The maximum absolute atomic E-state index is 13.2. The Bertz CT molecular complexity index is 3440. The average molecular weight is 1190 g/mol. The van der Waals surface area contributed by atoms with E-state index in [0.29, 0.717) is 44.9 Å². The minimum Gasteiger partial charge on any atom is -0.382 e. The van der Waals surface area contributed by atoms with Crippen molar-refractivity contribution in [2.24, 2.45) is 0 Å². The Kier molecular flexibility index (Phi) is 16.6. The van der Waals surface area contributed by atoms with E-state index in [1.54, 1.807) is 19.3 Å². The van der Waals surface area contributed by atoms with Gasteiger partial charge in [-0.25, -0.2) is 31.1 Å². The van der Waals surface area contributed by atoms with Gasteiger partial charge < -0.3 is 9.84 Å². The van der Waals surface area contributed by atoms with E-state index in [4.69, 9.17) is 39.5 Å². The predicted molar refractivity (Wildman–Crippen MR) is 253 cm³/mol. The average Bonchev–Trinajstić information content (AvgIpc) is 3.99.